The summed E-state index contributed by atoms with van der Waals surface area (Å²) in [6, 6.07) is 6.12. The van der Waals surface area contributed by atoms with E-state index in [1.807, 2.05) is 0 Å². The molecule has 20 heavy (non-hydrogen) atoms. The van der Waals surface area contributed by atoms with Crippen LogP contribution in [0.5, 0.6) is 0 Å². The summed E-state index contributed by atoms with van der Waals surface area (Å²) in [6.45, 7) is 3.33. The first-order valence-electron chi connectivity index (χ1n) is 6.20. The van der Waals surface area contributed by atoms with Gasteiger partial charge < -0.3 is 4.74 Å². The molecule has 7 heteroatoms. The molecule has 1 heterocycles. The average molecular weight is 301 g/mol. The van der Waals surface area contributed by atoms with E-state index in [0.717, 1.165) is 18.7 Å². The Morgan fingerprint density at radius 1 is 1.25 bits per heavy atom. The van der Waals surface area contributed by atoms with E-state index in [0.29, 0.717) is 26.2 Å². The molecule has 0 N–H and O–H groups in total. The first-order valence-corrected chi connectivity index (χ1v) is 6.20. The van der Waals surface area contributed by atoms with E-state index in [1.54, 1.807) is 12.1 Å². The fourth-order valence-corrected chi connectivity index (χ4v) is 2.03. The molecule has 1 saturated heterocycles. The van der Waals surface area contributed by atoms with Gasteiger partial charge in [0.05, 0.1) is 24.7 Å². The van der Waals surface area contributed by atoms with Gasteiger partial charge in [0, 0.05) is 31.6 Å². The second-order valence-corrected chi connectivity index (χ2v) is 4.53. The van der Waals surface area contributed by atoms with Crippen molar-refractivity contribution in [3.05, 3.63) is 39.9 Å². The number of nitro benzene ring substituents is 1. The second kappa shape index (κ2) is 7.94. The number of ketones is 1. The van der Waals surface area contributed by atoms with E-state index in [-0.39, 0.29) is 23.9 Å². The maximum atomic E-state index is 11.9. The molecule has 0 radical (unpaired) electrons. The van der Waals surface area contributed by atoms with E-state index in [2.05, 4.69) is 4.90 Å². The summed E-state index contributed by atoms with van der Waals surface area (Å²) in [5.41, 5.74) is 0.855. The molecule has 1 aromatic rings. The van der Waals surface area contributed by atoms with E-state index in [9.17, 15) is 14.9 Å². The Morgan fingerprint density at radius 2 is 1.85 bits per heavy atom. The third-order valence-corrected chi connectivity index (χ3v) is 3.05. The van der Waals surface area contributed by atoms with Crippen molar-refractivity contribution in [3.63, 3.8) is 0 Å². The Labute approximate surface area is 123 Å². The Kier molecular flexibility index (Phi) is 6.57. The maximum Gasteiger partial charge on any atom is 0.269 e. The molecule has 2 rings (SSSR count). The minimum atomic E-state index is -0.445. The van der Waals surface area contributed by atoms with Gasteiger partial charge in [-0.1, -0.05) is 12.1 Å². The number of Topliss-reactive ketones (excluding diaryl/α,β-unsaturated/α-hetero) is 1. The van der Waals surface area contributed by atoms with Gasteiger partial charge >= 0.3 is 0 Å². The topological polar surface area (TPSA) is 72.7 Å². The van der Waals surface area contributed by atoms with Crippen molar-refractivity contribution in [1.29, 1.82) is 0 Å². The van der Waals surface area contributed by atoms with E-state index in [4.69, 9.17) is 4.74 Å². The van der Waals surface area contributed by atoms with Crippen LogP contribution < -0.4 is 0 Å². The van der Waals surface area contributed by atoms with Crippen LogP contribution in [0.2, 0.25) is 0 Å². The van der Waals surface area contributed by atoms with Crippen LogP contribution in [0.15, 0.2) is 24.3 Å². The highest BCUT2D eigenvalue weighted by Crippen LogP contribution is 2.12. The fourth-order valence-electron chi connectivity index (χ4n) is 2.03. The molecule has 1 aliphatic heterocycles. The number of hydrogen-bond donors (Lipinski definition) is 0. The molecule has 1 aromatic carbocycles. The van der Waals surface area contributed by atoms with Crippen LogP contribution >= 0.6 is 12.4 Å². The smallest absolute Gasteiger partial charge is 0.269 e. The lowest BCUT2D eigenvalue weighted by atomic mass is 10.1. The third kappa shape index (κ3) is 4.88. The van der Waals surface area contributed by atoms with Crippen LogP contribution in [0, 0.1) is 10.1 Å². The monoisotopic (exact) mass is 300 g/mol. The molecule has 6 nitrogen and oxygen atoms in total. The molecule has 0 saturated carbocycles. The molecule has 0 atom stereocenters. The van der Waals surface area contributed by atoms with Crippen molar-refractivity contribution in [1.82, 2.24) is 4.90 Å². The number of benzene rings is 1. The lowest BCUT2D eigenvalue weighted by Gasteiger charge is -2.25. The molecular weight excluding hydrogens is 284 g/mol. The van der Waals surface area contributed by atoms with Crippen LogP contribution in [-0.2, 0) is 16.0 Å². The SMILES string of the molecule is Cl.O=C(Cc1ccc([N+](=O)[O-])cc1)CN1CCOCC1. The van der Waals surface area contributed by atoms with Crippen molar-refractivity contribution in [2.24, 2.45) is 0 Å². The summed E-state index contributed by atoms with van der Waals surface area (Å²) in [7, 11) is 0. The van der Waals surface area contributed by atoms with Crippen molar-refractivity contribution >= 4 is 23.9 Å². The van der Waals surface area contributed by atoms with Crippen molar-refractivity contribution in [2.45, 2.75) is 6.42 Å². The standard InChI is InChI=1S/C13H16N2O4.ClH/c16-13(10-14-5-7-19-8-6-14)9-11-1-3-12(4-2-11)15(17)18;/h1-4H,5-10H2;1H. The van der Waals surface area contributed by atoms with Crippen LogP contribution in [-0.4, -0.2) is 48.5 Å². The summed E-state index contributed by atoms with van der Waals surface area (Å²) >= 11 is 0. The lowest BCUT2D eigenvalue weighted by Crippen LogP contribution is -2.39. The number of rotatable bonds is 5. The zero-order valence-electron chi connectivity index (χ0n) is 11.0. The number of carbonyl (C=O) groups is 1. The Hall–Kier alpha value is -1.50. The molecule has 1 aliphatic rings. The number of halogens is 1. The first kappa shape index (κ1) is 16.6. The van der Waals surface area contributed by atoms with E-state index in [1.165, 1.54) is 12.1 Å². The van der Waals surface area contributed by atoms with Crippen LogP contribution in [0.3, 0.4) is 0 Å². The number of morpholine rings is 1. The Morgan fingerprint density at radius 3 is 2.40 bits per heavy atom. The number of hydrogen-bond acceptors (Lipinski definition) is 5. The van der Waals surface area contributed by atoms with E-state index >= 15 is 0 Å². The molecule has 1 fully saturated rings. The highest BCUT2D eigenvalue weighted by Gasteiger charge is 2.14. The van der Waals surface area contributed by atoms with Crippen LogP contribution in [0.1, 0.15) is 5.56 Å². The molecule has 110 valence electrons. The van der Waals surface area contributed by atoms with Crippen LogP contribution in [0.25, 0.3) is 0 Å². The van der Waals surface area contributed by atoms with Gasteiger partial charge in [0.2, 0.25) is 0 Å². The number of non-ortho nitro benzene ring substituents is 1. The minimum Gasteiger partial charge on any atom is -0.379 e. The average Bonchev–Trinajstić information content (AvgIpc) is 2.40. The number of nitrogens with zero attached hydrogens (tertiary/aromatic N) is 2. The normalized spacial score (nSPS) is 15.4. The van der Waals surface area contributed by atoms with Crippen molar-refractivity contribution in [2.75, 3.05) is 32.8 Å². The van der Waals surface area contributed by atoms with Gasteiger partial charge in [-0.25, -0.2) is 0 Å². The van der Waals surface area contributed by atoms with Gasteiger partial charge in [-0.3, -0.25) is 19.8 Å². The maximum absolute atomic E-state index is 11.9. The molecular formula is C13H17ClN2O4. The lowest BCUT2D eigenvalue weighted by molar-refractivity contribution is -0.384. The first-order chi connectivity index (χ1) is 9.15. The van der Waals surface area contributed by atoms with Gasteiger partial charge in [0.25, 0.3) is 5.69 Å². The number of ether oxygens (including phenoxy) is 1. The zero-order valence-corrected chi connectivity index (χ0v) is 11.8. The molecule has 0 unspecified atom stereocenters. The largest absolute Gasteiger partial charge is 0.379 e. The Bertz CT molecular complexity index is 458. The quantitative estimate of drug-likeness (QED) is 0.608. The highest BCUT2D eigenvalue weighted by molar-refractivity contribution is 5.85. The third-order valence-electron chi connectivity index (χ3n) is 3.05. The highest BCUT2D eigenvalue weighted by atomic mass is 35.5. The van der Waals surface area contributed by atoms with E-state index < -0.39 is 4.92 Å². The summed E-state index contributed by atoms with van der Waals surface area (Å²) < 4.78 is 5.22. The summed E-state index contributed by atoms with van der Waals surface area (Å²) in [6.07, 6.45) is 0.315. The summed E-state index contributed by atoms with van der Waals surface area (Å²) in [5, 5.41) is 10.5. The molecule has 0 bridgehead atoms. The van der Waals surface area contributed by atoms with Crippen molar-refractivity contribution < 1.29 is 14.5 Å². The van der Waals surface area contributed by atoms with Crippen LogP contribution in [0.4, 0.5) is 5.69 Å². The summed E-state index contributed by atoms with van der Waals surface area (Å²) in [4.78, 5) is 24.0. The fraction of sp³-hybridized carbons (Fsp3) is 0.462. The van der Waals surface area contributed by atoms with Gasteiger partial charge in [0.1, 0.15) is 0 Å². The number of nitro groups is 1. The van der Waals surface area contributed by atoms with Gasteiger partial charge in [-0.15, -0.1) is 12.4 Å². The van der Waals surface area contributed by atoms with Gasteiger partial charge in [-0.2, -0.15) is 0 Å². The van der Waals surface area contributed by atoms with Crippen molar-refractivity contribution in [3.8, 4) is 0 Å². The second-order valence-electron chi connectivity index (χ2n) is 4.53. The Balaban J connectivity index is 0.00000200. The molecule has 0 aliphatic carbocycles. The minimum absolute atomic E-state index is 0. The predicted molar refractivity (Wildman–Crippen MR) is 76.3 cm³/mol. The predicted octanol–water partition coefficient (Wildman–Crippen LogP) is 1.46. The zero-order chi connectivity index (χ0) is 13.7. The number of carbonyl (C=O) groups excluding carboxylic acids is 1. The van der Waals surface area contributed by atoms with Gasteiger partial charge in [0.15, 0.2) is 5.78 Å². The van der Waals surface area contributed by atoms with Gasteiger partial charge in [-0.05, 0) is 5.56 Å². The molecule has 0 spiro atoms. The molecule has 0 amide bonds. The summed E-state index contributed by atoms with van der Waals surface area (Å²) in [5.74, 6) is 0.121. The molecule has 0 aromatic heterocycles.